The highest BCUT2D eigenvalue weighted by Gasteiger charge is 2.04. The Morgan fingerprint density at radius 2 is 1.77 bits per heavy atom. The highest BCUT2D eigenvalue weighted by molar-refractivity contribution is 7.45. The zero-order chi connectivity index (χ0) is 10.2. The van der Waals surface area contributed by atoms with Gasteiger partial charge in [-0.25, -0.2) is 0 Å². The fourth-order valence-corrected chi connectivity index (χ4v) is 0.909. The number of hydrogen-bond donors (Lipinski definition) is 0. The van der Waals surface area contributed by atoms with E-state index < -0.39 is 7.82 Å². The van der Waals surface area contributed by atoms with Gasteiger partial charge in [0.1, 0.15) is 0 Å². The van der Waals surface area contributed by atoms with Gasteiger partial charge in [0, 0.05) is 14.2 Å². The van der Waals surface area contributed by atoms with E-state index in [-0.39, 0.29) is 13.2 Å². The third-order valence-electron chi connectivity index (χ3n) is 1.13. The largest absolute Gasteiger partial charge is 0.756 e. The summed E-state index contributed by atoms with van der Waals surface area (Å²) in [7, 11) is -1.50. The van der Waals surface area contributed by atoms with Gasteiger partial charge in [-0.15, -0.1) is 0 Å². The van der Waals surface area contributed by atoms with Crippen LogP contribution in [0.15, 0.2) is 0 Å². The Bertz CT molecular complexity index is 161. The molecular weight excluding hydrogens is 199 g/mol. The normalized spacial score (nSPS) is 15.6. The first-order valence-electron chi connectivity index (χ1n) is 3.70. The van der Waals surface area contributed by atoms with E-state index in [1.807, 2.05) is 0 Å². The topological polar surface area (TPSA) is 77.1 Å². The van der Waals surface area contributed by atoms with E-state index in [1.165, 1.54) is 0 Å². The Morgan fingerprint density at radius 3 is 2.31 bits per heavy atom. The molecule has 0 aliphatic rings. The van der Waals surface area contributed by atoms with Crippen LogP contribution in [-0.4, -0.2) is 40.6 Å². The quantitative estimate of drug-likeness (QED) is 0.410. The van der Waals surface area contributed by atoms with E-state index in [9.17, 15) is 9.46 Å². The maximum Gasteiger partial charge on any atom is 0.267 e. The zero-order valence-corrected chi connectivity index (χ0v) is 8.62. The summed E-state index contributed by atoms with van der Waals surface area (Å²) in [4.78, 5) is 10.6. The molecule has 0 saturated carbocycles. The van der Waals surface area contributed by atoms with Gasteiger partial charge < -0.3 is 23.4 Å². The van der Waals surface area contributed by atoms with Gasteiger partial charge in [-0.3, -0.25) is 4.57 Å². The fourth-order valence-electron chi connectivity index (χ4n) is 0.505. The Balaban J connectivity index is 3.21. The Morgan fingerprint density at radius 1 is 1.15 bits per heavy atom. The average Bonchev–Trinajstić information content (AvgIpc) is 2.11. The minimum atomic E-state index is -4.09. The lowest BCUT2D eigenvalue weighted by Gasteiger charge is -2.19. The molecule has 0 aliphatic heterocycles. The predicted molar refractivity (Wildman–Crippen MR) is 43.3 cm³/mol. The summed E-state index contributed by atoms with van der Waals surface area (Å²) in [6, 6.07) is 0. The van der Waals surface area contributed by atoms with E-state index in [0.717, 1.165) is 7.11 Å². The summed E-state index contributed by atoms with van der Waals surface area (Å²) in [6.07, 6.45) is 0. The molecule has 0 N–H and O–H groups in total. The van der Waals surface area contributed by atoms with Crippen molar-refractivity contribution in [2.75, 3.05) is 40.6 Å². The molecule has 80 valence electrons. The van der Waals surface area contributed by atoms with E-state index in [4.69, 9.17) is 9.47 Å². The number of ether oxygens (including phenoxy) is 2. The van der Waals surface area contributed by atoms with Gasteiger partial charge in [0.2, 0.25) is 0 Å². The van der Waals surface area contributed by atoms with Crippen LogP contribution < -0.4 is 4.89 Å². The van der Waals surface area contributed by atoms with E-state index >= 15 is 0 Å². The number of phosphoric acid groups is 1. The van der Waals surface area contributed by atoms with Crippen molar-refractivity contribution in [1.29, 1.82) is 0 Å². The lowest BCUT2D eigenvalue weighted by Crippen LogP contribution is -2.12. The van der Waals surface area contributed by atoms with Crippen LogP contribution in [0.1, 0.15) is 0 Å². The molecule has 0 fully saturated rings. The standard InChI is InChI=1S/C6H15O6P/c1-9-3-4-11-5-6-12-13(7,8)10-2/h3-6H2,1-2H3,(H,7,8)/p-1. The van der Waals surface area contributed by atoms with Gasteiger partial charge in [-0.1, -0.05) is 0 Å². The van der Waals surface area contributed by atoms with Crippen molar-refractivity contribution in [2.45, 2.75) is 0 Å². The van der Waals surface area contributed by atoms with Gasteiger partial charge in [0.05, 0.1) is 26.4 Å². The van der Waals surface area contributed by atoms with Crippen molar-refractivity contribution in [3.8, 4) is 0 Å². The van der Waals surface area contributed by atoms with Crippen LogP contribution in [0.4, 0.5) is 0 Å². The van der Waals surface area contributed by atoms with E-state index in [0.29, 0.717) is 13.2 Å². The summed E-state index contributed by atoms with van der Waals surface area (Å²) < 4.78 is 28.7. The van der Waals surface area contributed by atoms with Crippen LogP contribution in [0.2, 0.25) is 0 Å². The third-order valence-corrected chi connectivity index (χ3v) is 2.08. The molecule has 13 heavy (non-hydrogen) atoms. The lowest BCUT2D eigenvalue weighted by molar-refractivity contribution is -0.223. The lowest BCUT2D eigenvalue weighted by atomic mass is 10.7. The minimum Gasteiger partial charge on any atom is -0.756 e. The first-order chi connectivity index (χ1) is 6.12. The summed E-state index contributed by atoms with van der Waals surface area (Å²) in [5, 5.41) is 0. The number of rotatable bonds is 8. The number of hydrogen-bond acceptors (Lipinski definition) is 6. The maximum atomic E-state index is 10.6. The molecule has 7 heteroatoms. The highest BCUT2D eigenvalue weighted by Crippen LogP contribution is 2.36. The Labute approximate surface area is 77.4 Å². The van der Waals surface area contributed by atoms with Crippen LogP contribution >= 0.6 is 7.82 Å². The number of phosphoric ester groups is 1. The highest BCUT2D eigenvalue weighted by atomic mass is 31.2. The van der Waals surface area contributed by atoms with E-state index in [1.54, 1.807) is 7.11 Å². The van der Waals surface area contributed by atoms with Crippen molar-refractivity contribution < 1.29 is 28.0 Å². The van der Waals surface area contributed by atoms with Crippen molar-refractivity contribution in [1.82, 2.24) is 0 Å². The van der Waals surface area contributed by atoms with Crippen molar-refractivity contribution in [2.24, 2.45) is 0 Å². The van der Waals surface area contributed by atoms with Gasteiger partial charge in [0.15, 0.2) is 0 Å². The molecule has 0 aromatic rings. The van der Waals surface area contributed by atoms with Gasteiger partial charge in [0.25, 0.3) is 7.82 Å². The SMILES string of the molecule is COCCOCCOP(=O)([O-])OC. The second-order valence-electron chi connectivity index (χ2n) is 2.07. The van der Waals surface area contributed by atoms with E-state index in [2.05, 4.69) is 9.05 Å². The molecule has 0 aliphatic carbocycles. The zero-order valence-electron chi connectivity index (χ0n) is 7.73. The van der Waals surface area contributed by atoms with Crippen molar-refractivity contribution in [3.05, 3.63) is 0 Å². The molecular formula is C6H14O6P-. The van der Waals surface area contributed by atoms with Gasteiger partial charge >= 0.3 is 0 Å². The van der Waals surface area contributed by atoms with Crippen molar-refractivity contribution >= 4 is 7.82 Å². The Kier molecular flexibility index (Phi) is 7.45. The summed E-state index contributed by atoms with van der Waals surface area (Å²) in [6.45, 7) is 1.03. The number of methoxy groups -OCH3 is 1. The van der Waals surface area contributed by atoms with Gasteiger partial charge in [-0.2, -0.15) is 0 Å². The molecule has 1 atom stereocenters. The monoisotopic (exact) mass is 213 g/mol. The molecule has 0 heterocycles. The molecule has 0 aromatic heterocycles. The molecule has 0 aromatic carbocycles. The average molecular weight is 213 g/mol. The van der Waals surface area contributed by atoms with Crippen LogP contribution in [0.5, 0.6) is 0 Å². The summed E-state index contributed by atoms with van der Waals surface area (Å²) >= 11 is 0. The fraction of sp³-hybridized carbons (Fsp3) is 1.00. The second-order valence-corrected chi connectivity index (χ2v) is 3.59. The molecule has 1 unspecified atom stereocenters. The minimum absolute atomic E-state index is 0.0433. The molecule has 0 radical (unpaired) electrons. The van der Waals surface area contributed by atoms with Crippen LogP contribution in [0.3, 0.4) is 0 Å². The second kappa shape index (κ2) is 7.44. The van der Waals surface area contributed by atoms with Crippen LogP contribution in [0.25, 0.3) is 0 Å². The van der Waals surface area contributed by atoms with Crippen LogP contribution in [-0.2, 0) is 23.1 Å². The summed E-state index contributed by atoms with van der Waals surface area (Å²) in [5.41, 5.74) is 0. The molecule has 0 saturated heterocycles. The molecule has 0 rings (SSSR count). The first kappa shape index (κ1) is 13.0. The Hall–Kier alpha value is 0.0300. The molecule has 6 nitrogen and oxygen atoms in total. The van der Waals surface area contributed by atoms with Crippen LogP contribution in [0, 0.1) is 0 Å². The van der Waals surface area contributed by atoms with Gasteiger partial charge in [-0.05, 0) is 0 Å². The smallest absolute Gasteiger partial charge is 0.267 e. The summed E-state index contributed by atoms with van der Waals surface area (Å²) in [5.74, 6) is 0. The third kappa shape index (κ3) is 8.36. The first-order valence-corrected chi connectivity index (χ1v) is 5.16. The molecule has 0 bridgehead atoms. The predicted octanol–water partition coefficient (Wildman–Crippen LogP) is -0.219. The maximum absolute atomic E-state index is 10.6. The van der Waals surface area contributed by atoms with Crippen molar-refractivity contribution in [3.63, 3.8) is 0 Å². The molecule has 0 amide bonds. The molecule has 0 spiro atoms.